The highest BCUT2D eigenvalue weighted by molar-refractivity contribution is 6.32. The number of halogens is 1. The molecule has 1 saturated heterocycles. The van der Waals surface area contributed by atoms with Crippen LogP contribution in [0.5, 0.6) is 5.75 Å². The smallest absolute Gasteiger partial charge is 0.409 e. The van der Waals surface area contributed by atoms with Gasteiger partial charge in [-0.3, -0.25) is 9.69 Å². The van der Waals surface area contributed by atoms with E-state index >= 15 is 0 Å². The number of fused-ring (bicyclic) bond motifs is 1. The molecule has 0 saturated carbocycles. The average Bonchev–Trinajstić information content (AvgIpc) is 3.04. The van der Waals surface area contributed by atoms with Crippen LogP contribution < -0.4 is 4.74 Å². The van der Waals surface area contributed by atoms with Gasteiger partial charge in [-0.25, -0.2) is 4.79 Å². The fourth-order valence-corrected chi connectivity index (χ4v) is 3.56. The highest BCUT2D eigenvalue weighted by Crippen LogP contribution is 2.40. The second kappa shape index (κ2) is 7.93. The number of rotatable bonds is 3. The molecule has 2 heterocycles. The summed E-state index contributed by atoms with van der Waals surface area (Å²) >= 11 is 6.35. The number of ether oxygens (including phenoxy) is 2. The quantitative estimate of drug-likeness (QED) is 0.826. The molecule has 7 nitrogen and oxygen atoms in total. The standard InChI is InChI=1S/C21H21ClN2O5/c1-23(21(26)27)18-12-16-10-15(11-17(22)19(16)29-18)13-2-4-14(5-3-13)20(25)24-6-8-28-9-7-24/h2-5,10-11,18H,6-9,12H2,1H3,(H,26,27)/i12D2. The zero-order chi connectivity index (χ0) is 22.3. The molecular weight excluding hydrogens is 396 g/mol. The van der Waals surface area contributed by atoms with E-state index in [2.05, 4.69) is 0 Å². The summed E-state index contributed by atoms with van der Waals surface area (Å²) in [6.07, 6.45) is -4.74. The summed E-state index contributed by atoms with van der Waals surface area (Å²) in [5.41, 5.74) is 2.12. The van der Waals surface area contributed by atoms with E-state index in [0.717, 1.165) is 10.5 Å². The molecule has 0 bridgehead atoms. The molecule has 1 unspecified atom stereocenters. The van der Waals surface area contributed by atoms with E-state index in [0.29, 0.717) is 37.4 Å². The fourth-order valence-electron chi connectivity index (χ4n) is 3.29. The maximum Gasteiger partial charge on any atom is 0.409 e. The Kier molecular flexibility index (Phi) is 4.68. The predicted molar refractivity (Wildman–Crippen MR) is 108 cm³/mol. The second-order valence-corrected chi connectivity index (χ2v) is 7.23. The molecule has 0 aliphatic carbocycles. The van der Waals surface area contributed by atoms with Crippen molar-refractivity contribution in [1.82, 2.24) is 9.80 Å². The second-order valence-electron chi connectivity index (χ2n) is 6.82. The lowest BCUT2D eigenvalue weighted by atomic mass is 10.00. The van der Waals surface area contributed by atoms with Gasteiger partial charge in [0.25, 0.3) is 5.91 Å². The van der Waals surface area contributed by atoms with Crippen molar-refractivity contribution in [2.24, 2.45) is 0 Å². The molecule has 2 aromatic rings. The van der Waals surface area contributed by atoms with E-state index in [1.54, 1.807) is 41.3 Å². The van der Waals surface area contributed by atoms with Crippen molar-refractivity contribution < 1.29 is 26.9 Å². The van der Waals surface area contributed by atoms with Crippen LogP contribution in [0.2, 0.25) is 5.02 Å². The van der Waals surface area contributed by atoms with Gasteiger partial charge < -0.3 is 19.5 Å². The average molecular weight is 419 g/mol. The molecule has 8 heteroatoms. The summed E-state index contributed by atoms with van der Waals surface area (Å²) in [6, 6.07) is 10.2. The Morgan fingerprint density at radius 2 is 1.90 bits per heavy atom. The Morgan fingerprint density at radius 1 is 1.21 bits per heavy atom. The molecular formula is C21H21ClN2O5. The number of hydrogen-bond acceptors (Lipinski definition) is 4. The third-order valence-corrected chi connectivity index (χ3v) is 5.25. The number of benzene rings is 2. The van der Waals surface area contributed by atoms with Gasteiger partial charge in [0.05, 0.1) is 18.2 Å². The van der Waals surface area contributed by atoms with Crippen LogP contribution in [0.1, 0.15) is 18.7 Å². The van der Waals surface area contributed by atoms with Crippen molar-refractivity contribution in [3.8, 4) is 16.9 Å². The lowest BCUT2D eigenvalue weighted by Crippen LogP contribution is -2.40. The van der Waals surface area contributed by atoms with Crippen molar-refractivity contribution in [1.29, 1.82) is 0 Å². The Bertz CT molecular complexity index is 1030. The molecule has 152 valence electrons. The van der Waals surface area contributed by atoms with Gasteiger partial charge in [-0.15, -0.1) is 0 Å². The number of amides is 2. The molecule has 2 aliphatic heterocycles. The normalized spacial score (nSPS) is 20.9. The molecule has 2 amide bonds. The lowest BCUT2D eigenvalue weighted by molar-refractivity contribution is 0.0303. The van der Waals surface area contributed by atoms with Crippen LogP contribution in [0.4, 0.5) is 4.79 Å². The minimum Gasteiger partial charge on any atom is -0.468 e. The lowest BCUT2D eigenvalue weighted by Gasteiger charge is -2.26. The van der Waals surface area contributed by atoms with Gasteiger partial charge in [0.1, 0.15) is 5.75 Å². The largest absolute Gasteiger partial charge is 0.468 e. The van der Waals surface area contributed by atoms with Crippen LogP contribution in [0.15, 0.2) is 36.4 Å². The molecule has 4 rings (SSSR count). The van der Waals surface area contributed by atoms with Crippen LogP contribution in [0.3, 0.4) is 0 Å². The molecule has 0 radical (unpaired) electrons. The Balaban J connectivity index is 1.62. The monoisotopic (exact) mass is 418 g/mol. The molecule has 1 atom stereocenters. The highest BCUT2D eigenvalue weighted by atomic mass is 35.5. The van der Waals surface area contributed by atoms with Gasteiger partial charge in [-0.2, -0.15) is 0 Å². The molecule has 1 N–H and O–H groups in total. The van der Waals surface area contributed by atoms with Crippen LogP contribution in [-0.4, -0.2) is 66.5 Å². The fraction of sp³-hybridized carbons (Fsp3) is 0.333. The number of hydrogen-bond donors (Lipinski definition) is 1. The summed E-state index contributed by atoms with van der Waals surface area (Å²) in [7, 11) is 1.25. The zero-order valence-electron chi connectivity index (χ0n) is 17.7. The van der Waals surface area contributed by atoms with Crippen molar-refractivity contribution in [3.63, 3.8) is 0 Å². The maximum absolute atomic E-state index is 12.6. The molecule has 0 spiro atoms. The van der Waals surface area contributed by atoms with Gasteiger partial charge in [-0.1, -0.05) is 23.7 Å². The topological polar surface area (TPSA) is 79.3 Å². The number of morpholine rings is 1. The van der Waals surface area contributed by atoms with Crippen LogP contribution in [-0.2, 0) is 11.1 Å². The minimum absolute atomic E-state index is 0.0638. The number of carboxylic acid groups (broad SMARTS) is 1. The summed E-state index contributed by atoms with van der Waals surface area (Å²) in [5.74, 6) is 0.0683. The van der Waals surface area contributed by atoms with Crippen molar-refractivity contribution in [2.45, 2.75) is 12.6 Å². The first-order valence-electron chi connectivity index (χ1n) is 10.1. The Hall–Kier alpha value is -2.77. The third kappa shape index (κ3) is 3.88. The van der Waals surface area contributed by atoms with E-state index < -0.39 is 18.7 Å². The van der Waals surface area contributed by atoms with E-state index in [4.69, 9.17) is 23.8 Å². The first-order valence-corrected chi connectivity index (χ1v) is 9.52. The van der Waals surface area contributed by atoms with E-state index in [1.807, 2.05) is 0 Å². The van der Waals surface area contributed by atoms with Crippen LogP contribution >= 0.6 is 11.6 Å². The minimum atomic E-state index is -2.09. The van der Waals surface area contributed by atoms with Crippen molar-refractivity contribution >= 4 is 23.6 Å². The van der Waals surface area contributed by atoms with Crippen LogP contribution in [0.25, 0.3) is 11.1 Å². The van der Waals surface area contributed by atoms with E-state index in [9.17, 15) is 14.7 Å². The summed E-state index contributed by atoms with van der Waals surface area (Å²) < 4.78 is 27.7. The van der Waals surface area contributed by atoms with Crippen LogP contribution in [0, 0.1) is 0 Å². The predicted octanol–water partition coefficient (Wildman–Crippen LogP) is 3.35. The molecule has 29 heavy (non-hydrogen) atoms. The highest BCUT2D eigenvalue weighted by Gasteiger charge is 2.31. The van der Waals surface area contributed by atoms with Gasteiger partial charge in [0.15, 0.2) is 6.23 Å². The van der Waals surface area contributed by atoms with Crippen molar-refractivity contribution in [2.75, 3.05) is 33.4 Å². The number of likely N-dealkylation sites (N-methyl/N-ethyl adjacent to an activating group) is 1. The molecule has 1 fully saturated rings. The number of carbonyl (C=O) groups is 2. The van der Waals surface area contributed by atoms with Gasteiger partial charge in [-0.05, 0) is 35.4 Å². The first-order chi connectivity index (χ1) is 14.7. The van der Waals surface area contributed by atoms with Gasteiger partial charge >= 0.3 is 6.09 Å². The van der Waals surface area contributed by atoms with E-state index in [1.165, 1.54) is 7.05 Å². The SMILES string of the molecule is [2H]C1([2H])c2cc(-c3ccc(C(=O)N4CCOCC4)cc3)cc(Cl)c2OC1N(C)C(=O)O. The van der Waals surface area contributed by atoms with Crippen molar-refractivity contribution in [3.05, 3.63) is 52.5 Å². The first kappa shape index (κ1) is 17.1. The van der Waals surface area contributed by atoms with Gasteiger partial charge in [0.2, 0.25) is 0 Å². The van der Waals surface area contributed by atoms with E-state index in [-0.39, 0.29) is 22.2 Å². The maximum atomic E-state index is 12.6. The summed E-state index contributed by atoms with van der Waals surface area (Å²) in [6.45, 7) is 2.17. The molecule has 0 aromatic heterocycles. The third-order valence-electron chi connectivity index (χ3n) is 4.97. The number of carbonyl (C=O) groups excluding carboxylic acids is 1. The Morgan fingerprint density at radius 3 is 2.55 bits per heavy atom. The zero-order valence-corrected chi connectivity index (χ0v) is 16.5. The Labute approximate surface area is 176 Å². The number of nitrogens with zero attached hydrogens (tertiary/aromatic N) is 2. The molecule has 2 aliphatic rings. The van der Waals surface area contributed by atoms with Gasteiger partial charge in [0, 0.05) is 40.4 Å². The summed E-state index contributed by atoms with van der Waals surface area (Å²) in [4.78, 5) is 26.5. The molecule has 2 aromatic carbocycles. The summed E-state index contributed by atoms with van der Waals surface area (Å²) in [5, 5.41) is 9.42.